The van der Waals surface area contributed by atoms with E-state index in [1.54, 1.807) is 0 Å². The van der Waals surface area contributed by atoms with E-state index in [9.17, 15) is 0 Å². The van der Waals surface area contributed by atoms with Gasteiger partial charge in [-0.25, -0.2) is 0 Å². The quantitative estimate of drug-likeness (QED) is 0.870. The standard InChI is InChI=1S/C18H29ClN2/c1-13-8-14(2)12-21(11-13)17-7-6-15(9-16(17)19)10-20-18(3,4)5/h6-7,9,13-14,20H,8,10-12H2,1-5H3. The summed E-state index contributed by atoms with van der Waals surface area (Å²) in [6.07, 6.45) is 1.32. The highest BCUT2D eigenvalue weighted by molar-refractivity contribution is 6.33. The van der Waals surface area contributed by atoms with E-state index in [2.05, 4.69) is 63.0 Å². The lowest BCUT2D eigenvalue weighted by Crippen LogP contribution is -2.39. The third kappa shape index (κ3) is 4.89. The maximum absolute atomic E-state index is 6.54. The number of piperidine rings is 1. The predicted octanol–water partition coefficient (Wildman–Crippen LogP) is 4.71. The van der Waals surface area contributed by atoms with Gasteiger partial charge in [0, 0.05) is 25.2 Å². The fraction of sp³-hybridized carbons (Fsp3) is 0.667. The summed E-state index contributed by atoms with van der Waals surface area (Å²) in [6.45, 7) is 14.3. The van der Waals surface area contributed by atoms with Crippen molar-refractivity contribution >= 4 is 17.3 Å². The first-order chi connectivity index (χ1) is 9.74. The molecule has 0 aliphatic carbocycles. The second-order valence-electron chi connectivity index (χ2n) is 7.74. The number of halogens is 1. The van der Waals surface area contributed by atoms with Gasteiger partial charge in [-0.1, -0.05) is 31.5 Å². The lowest BCUT2D eigenvalue weighted by atomic mass is 9.91. The Morgan fingerprint density at radius 3 is 2.33 bits per heavy atom. The van der Waals surface area contributed by atoms with E-state index < -0.39 is 0 Å². The molecule has 0 bridgehead atoms. The van der Waals surface area contributed by atoms with E-state index in [0.717, 1.165) is 36.5 Å². The average Bonchev–Trinajstić information content (AvgIpc) is 2.34. The van der Waals surface area contributed by atoms with Crippen molar-refractivity contribution in [3.63, 3.8) is 0 Å². The van der Waals surface area contributed by atoms with Gasteiger partial charge in [0.25, 0.3) is 0 Å². The topological polar surface area (TPSA) is 15.3 Å². The first-order valence-electron chi connectivity index (χ1n) is 8.03. The molecule has 2 rings (SSSR count). The Bertz CT molecular complexity index is 469. The van der Waals surface area contributed by atoms with Crippen molar-refractivity contribution in [2.45, 2.75) is 53.1 Å². The van der Waals surface area contributed by atoms with Crippen LogP contribution in [0, 0.1) is 11.8 Å². The van der Waals surface area contributed by atoms with Crippen molar-refractivity contribution in [2.24, 2.45) is 11.8 Å². The van der Waals surface area contributed by atoms with Gasteiger partial charge in [-0.15, -0.1) is 0 Å². The van der Waals surface area contributed by atoms with Gasteiger partial charge in [0.05, 0.1) is 10.7 Å². The van der Waals surface area contributed by atoms with E-state index in [0.29, 0.717) is 0 Å². The van der Waals surface area contributed by atoms with Gasteiger partial charge in [0.15, 0.2) is 0 Å². The normalized spacial score (nSPS) is 23.4. The number of nitrogens with one attached hydrogen (secondary N) is 1. The summed E-state index contributed by atoms with van der Waals surface area (Å²) in [5.41, 5.74) is 2.56. The molecule has 0 radical (unpaired) electrons. The molecular weight excluding hydrogens is 280 g/mol. The zero-order valence-corrected chi connectivity index (χ0v) is 14.8. The highest BCUT2D eigenvalue weighted by Crippen LogP contribution is 2.32. The maximum Gasteiger partial charge on any atom is 0.0642 e. The molecule has 1 aliphatic heterocycles. The molecule has 118 valence electrons. The van der Waals surface area contributed by atoms with Crippen molar-refractivity contribution in [3.8, 4) is 0 Å². The molecule has 0 saturated carbocycles. The monoisotopic (exact) mass is 308 g/mol. The van der Waals surface area contributed by atoms with E-state index >= 15 is 0 Å². The molecule has 1 aliphatic rings. The molecule has 2 atom stereocenters. The van der Waals surface area contributed by atoms with Crippen molar-refractivity contribution in [1.29, 1.82) is 0 Å². The summed E-state index contributed by atoms with van der Waals surface area (Å²) < 4.78 is 0. The molecule has 1 N–H and O–H groups in total. The summed E-state index contributed by atoms with van der Waals surface area (Å²) in [4.78, 5) is 2.45. The zero-order chi connectivity index (χ0) is 15.6. The Labute approximate surface area is 134 Å². The minimum atomic E-state index is 0.128. The number of anilines is 1. The Kier molecular flexibility index (Phi) is 5.21. The first kappa shape index (κ1) is 16.6. The third-order valence-electron chi connectivity index (χ3n) is 4.04. The smallest absolute Gasteiger partial charge is 0.0642 e. The number of hydrogen-bond donors (Lipinski definition) is 1. The minimum Gasteiger partial charge on any atom is -0.370 e. The molecule has 1 heterocycles. The fourth-order valence-electron chi connectivity index (χ4n) is 3.14. The summed E-state index contributed by atoms with van der Waals surface area (Å²) >= 11 is 6.54. The summed E-state index contributed by atoms with van der Waals surface area (Å²) in [6, 6.07) is 6.50. The molecule has 0 aromatic heterocycles. The highest BCUT2D eigenvalue weighted by Gasteiger charge is 2.23. The number of nitrogens with zero attached hydrogens (tertiary/aromatic N) is 1. The van der Waals surface area contributed by atoms with Crippen molar-refractivity contribution in [3.05, 3.63) is 28.8 Å². The number of hydrogen-bond acceptors (Lipinski definition) is 2. The van der Waals surface area contributed by atoms with Crippen LogP contribution >= 0.6 is 11.6 Å². The first-order valence-corrected chi connectivity index (χ1v) is 8.41. The highest BCUT2D eigenvalue weighted by atomic mass is 35.5. The Morgan fingerprint density at radius 2 is 1.81 bits per heavy atom. The van der Waals surface area contributed by atoms with E-state index in [-0.39, 0.29) is 5.54 Å². The molecule has 0 spiro atoms. The van der Waals surface area contributed by atoms with Gasteiger partial charge in [-0.2, -0.15) is 0 Å². The molecule has 3 heteroatoms. The number of benzene rings is 1. The third-order valence-corrected chi connectivity index (χ3v) is 4.35. The molecule has 2 unspecified atom stereocenters. The summed E-state index contributed by atoms with van der Waals surface area (Å²) in [7, 11) is 0. The van der Waals surface area contributed by atoms with Crippen LogP contribution in [-0.4, -0.2) is 18.6 Å². The van der Waals surface area contributed by atoms with Crippen molar-refractivity contribution in [1.82, 2.24) is 5.32 Å². The van der Waals surface area contributed by atoms with Gasteiger partial charge in [0.2, 0.25) is 0 Å². The molecule has 1 aromatic carbocycles. The van der Waals surface area contributed by atoms with Gasteiger partial charge >= 0.3 is 0 Å². The largest absolute Gasteiger partial charge is 0.370 e. The van der Waals surface area contributed by atoms with Crippen LogP contribution in [0.1, 0.15) is 46.6 Å². The molecular formula is C18H29ClN2. The van der Waals surface area contributed by atoms with Crippen LogP contribution in [0.3, 0.4) is 0 Å². The van der Waals surface area contributed by atoms with Crippen molar-refractivity contribution < 1.29 is 0 Å². The van der Waals surface area contributed by atoms with E-state index in [1.807, 2.05) is 0 Å². The van der Waals surface area contributed by atoms with Crippen LogP contribution in [0.15, 0.2) is 18.2 Å². The van der Waals surface area contributed by atoms with Crippen molar-refractivity contribution in [2.75, 3.05) is 18.0 Å². The van der Waals surface area contributed by atoms with Crippen LogP contribution in [0.4, 0.5) is 5.69 Å². The molecule has 2 nitrogen and oxygen atoms in total. The van der Waals surface area contributed by atoms with Crippen LogP contribution < -0.4 is 10.2 Å². The van der Waals surface area contributed by atoms with E-state index in [1.165, 1.54) is 17.7 Å². The molecule has 1 saturated heterocycles. The second-order valence-corrected chi connectivity index (χ2v) is 8.15. The molecule has 1 aromatic rings. The number of rotatable bonds is 3. The summed E-state index contributed by atoms with van der Waals surface area (Å²) in [5.74, 6) is 1.49. The molecule has 21 heavy (non-hydrogen) atoms. The predicted molar refractivity (Wildman–Crippen MR) is 93.2 cm³/mol. The SMILES string of the molecule is CC1CC(C)CN(c2ccc(CNC(C)(C)C)cc2Cl)C1. The van der Waals surface area contributed by atoms with Gasteiger partial charge in [0.1, 0.15) is 0 Å². The lowest BCUT2D eigenvalue weighted by Gasteiger charge is -2.37. The lowest BCUT2D eigenvalue weighted by molar-refractivity contribution is 0.357. The average molecular weight is 309 g/mol. The zero-order valence-electron chi connectivity index (χ0n) is 14.0. The summed E-state index contributed by atoms with van der Waals surface area (Å²) in [5, 5.41) is 4.39. The van der Waals surface area contributed by atoms with Crippen LogP contribution in [0.2, 0.25) is 5.02 Å². The van der Waals surface area contributed by atoms with Crippen LogP contribution in [0.25, 0.3) is 0 Å². The van der Waals surface area contributed by atoms with Gasteiger partial charge in [-0.05, 0) is 56.7 Å². The maximum atomic E-state index is 6.54. The Morgan fingerprint density at radius 1 is 1.19 bits per heavy atom. The van der Waals surface area contributed by atoms with Crippen LogP contribution in [0.5, 0.6) is 0 Å². The van der Waals surface area contributed by atoms with E-state index in [4.69, 9.17) is 11.6 Å². The Hall–Kier alpha value is -0.730. The second kappa shape index (κ2) is 6.58. The minimum absolute atomic E-state index is 0.128. The molecule has 1 fully saturated rings. The van der Waals surface area contributed by atoms with Crippen LogP contribution in [-0.2, 0) is 6.54 Å². The molecule has 0 amide bonds. The Balaban J connectivity index is 2.08. The van der Waals surface area contributed by atoms with Gasteiger partial charge in [-0.3, -0.25) is 0 Å². The van der Waals surface area contributed by atoms with Gasteiger partial charge < -0.3 is 10.2 Å². The fourth-order valence-corrected chi connectivity index (χ4v) is 3.47.